The molecular weight excluding hydrogens is 308 g/mol. The molecule has 2 N–H and O–H groups in total. The first-order chi connectivity index (χ1) is 11.5. The van der Waals surface area contributed by atoms with Crippen LogP contribution < -0.4 is 15.8 Å². The highest BCUT2D eigenvalue weighted by molar-refractivity contribution is 6.00. The van der Waals surface area contributed by atoms with E-state index in [-0.39, 0.29) is 5.91 Å². The van der Waals surface area contributed by atoms with E-state index in [1.54, 1.807) is 26.0 Å². The first kappa shape index (κ1) is 17.5. The normalized spacial score (nSPS) is 10.3. The molecule has 0 atom stereocenters. The summed E-state index contributed by atoms with van der Waals surface area (Å²) in [6.45, 7) is 9.26. The minimum Gasteiger partial charge on any atom is -0.372 e. The van der Waals surface area contributed by atoms with Gasteiger partial charge in [-0.2, -0.15) is 0 Å². The van der Waals surface area contributed by atoms with Crippen LogP contribution in [0.25, 0.3) is 0 Å². The van der Waals surface area contributed by atoms with Gasteiger partial charge in [0.05, 0.1) is 5.69 Å². The number of aromatic nitrogens is 1. The summed E-state index contributed by atoms with van der Waals surface area (Å²) in [5, 5.41) is 3.71. The lowest BCUT2D eigenvalue weighted by atomic mass is 10.2. The molecule has 24 heavy (non-hydrogen) atoms. The van der Waals surface area contributed by atoms with Crippen molar-refractivity contribution >= 4 is 17.5 Å². The Balaban J connectivity index is 1.99. The molecule has 0 fully saturated rings. The fourth-order valence-corrected chi connectivity index (χ4v) is 2.47. The molecule has 0 aliphatic carbocycles. The van der Waals surface area contributed by atoms with Crippen molar-refractivity contribution in [3.05, 3.63) is 46.8 Å². The number of amides is 2. The second-order valence-corrected chi connectivity index (χ2v) is 5.33. The third-order valence-corrected chi connectivity index (χ3v) is 3.81. The van der Waals surface area contributed by atoms with Crippen LogP contribution in [-0.4, -0.2) is 30.1 Å². The van der Waals surface area contributed by atoms with Gasteiger partial charge >= 0.3 is 0 Å². The molecule has 0 saturated carbocycles. The van der Waals surface area contributed by atoms with Crippen molar-refractivity contribution in [1.82, 2.24) is 16.0 Å². The fourth-order valence-electron chi connectivity index (χ4n) is 2.47. The summed E-state index contributed by atoms with van der Waals surface area (Å²) in [6, 6.07) is 7.23. The van der Waals surface area contributed by atoms with E-state index in [1.165, 1.54) is 0 Å². The molecule has 0 aliphatic heterocycles. The minimum absolute atomic E-state index is 0.326. The van der Waals surface area contributed by atoms with Crippen LogP contribution in [0.3, 0.4) is 0 Å². The quantitative estimate of drug-likeness (QED) is 0.821. The van der Waals surface area contributed by atoms with E-state index in [1.807, 2.05) is 12.1 Å². The molecule has 2 rings (SSSR count). The predicted octanol–water partition coefficient (Wildman–Crippen LogP) is 2.21. The number of hydrogen-bond acceptors (Lipinski definition) is 5. The summed E-state index contributed by atoms with van der Waals surface area (Å²) in [5.41, 5.74) is 7.09. The SMILES string of the molecule is CCN(CC)c1ccc(C(=O)NNC(=O)c2c(C)noc2C)cc1. The predicted molar refractivity (Wildman–Crippen MR) is 90.9 cm³/mol. The number of rotatable bonds is 5. The van der Waals surface area contributed by atoms with Crippen LogP contribution in [-0.2, 0) is 0 Å². The number of nitrogens with one attached hydrogen (secondary N) is 2. The Bertz CT molecular complexity index is 698. The molecule has 0 radical (unpaired) electrons. The van der Waals surface area contributed by atoms with Gasteiger partial charge in [-0.15, -0.1) is 0 Å². The molecule has 0 aliphatic rings. The van der Waals surface area contributed by atoms with E-state index in [9.17, 15) is 9.59 Å². The summed E-state index contributed by atoms with van der Waals surface area (Å²) in [4.78, 5) is 26.4. The Labute approximate surface area is 141 Å². The van der Waals surface area contributed by atoms with Crippen molar-refractivity contribution < 1.29 is 14.1 Å². The van der Waals surface area contributed by atoms with Crippen LogP contribution in [0.5, 0.6) is 0 Å². The second-order valence-electron chi connectivity index (χ2n) is 5.33. The summed E-state index contributed by atoms with van der Waals surface area (Å²) >= 11 is 0. The van der Waals surface area contributed by atoms with Crippen molar-refractivity contribution in [3.63, 3.8) is 0 Å². The first-order valence-corrected chi connectivity index (χ1v) is 7.86. The summed E-state index contributed by atoms with van der Waals surface area (Å²) < 4.78 is 4.94. The molecule has 0 bridgehead atoms. The smallest absolute Gasteiger partial charge is 0.275 e. The highest BCUT2D eigenvalue weighted by Crippen LogP contribution is 2.15. The van der Waals surface area contributed by atoms with Gasteiger partial charge in [0.1, 0.15) is 11.3 Å². The number of benzene rings is 1. The lowest BCUT2D eigenvalue weighted by molar-refractivity contribution is 0.0845. The fraction of sp³-hybridized carbons (Fsp3) is 0.353. The van der Waals surface area contributed by atoms with Gasteiger partial charge in [0.2, 0.25) is 0 Å². The molecule has 128 valence electrons. The van der Waals surface area contributed by atoms with Gasteiger partial charge in [-0.05, 0) is 52.0 Å². The van der Waals surface area contributed by atoms with Gasteiger partial charge in [0.15, 0.2) is 0 Å². The average Bonchev–Trinajstić information content (AvgIpc) is 2.93. The molecule has 7 heteroatoms. The van der Waals surface area contributed by atoms with Crippen LogP contribution >= 0.6 is 0 Å². The van der Waals surface area contributed by atoms with Crippen LogP contribution in [0, 0.1) is 13.8 Å². The average molecular weight is 330 g/mol. The van der Waals surface area contributed by atoms with Crippen molar-refractivity contribution in [2.45, 2.75) is 27.7 Å². The summed E-state index contributed by atoms with van der Waals surface area (Å²) in [7, 11) is 0. The van der Waals surface area contributed by atoms with Crippen molar-refractivity contribution in [2.75, 3.05) is 18.0 Å². The van der Waals surface area contributed by atoms with Crippen molar-refractivity contribution in [2.24, 2.45) is 0 Å². The lowest BCUT2D eigenvalue weighted by Crippen LogP contribution is -2.42. The van der Waals surface area contributed by atoms with Gasteiger partial charge in [-0.3, -0.25) is 20.4 Å². The van der Waals surface area contributed by atoms with E-state index in [0.29, 0.717) is 22.6 Å². The van der Waals surface area contributed by atoms with Crippen molar-refractivity contribution in [1.29, 1.82) is 0 Å². The number of nitrogens with zero attached hydrogens (tertiary/aromatic N) is 2. The first-order valence-electron chi connectivity index (χ1n) is 7.86. The van der Waals surface area contributed by atoms with Crippen LogP contribution in [0.15, 0.2) is 28.8 Å². The van der Waals surface area contributed by atoms with Crippen LogP contribution in [0.1, 0.15) is 46.0 Å². The van der Waals surface area contributed by atoms with E-state index in [2.05, 4.69) is 34.8 Å². The maximum Gasteiger partial charge on any atom is 0.275 e. The molecular formula is C17H22N4O3. The third-order valence-electron chi connectivity index (χ3n) is 3.81. The Morgan fingerprint density at radius 1 is 1.04 bits per heavy atom. The monoisotopic (exact) mass is 330 g/mol. The highest BCUT2D eigenvalue weighted by Gasteiger charge is 2.18. The number of aryl methyl sites for hydroxylation is 2. The van der Waals surface area contributed by atoms with Gasteiger partial charge in [0.25, 0.3) is 11.8 Å². The zero-order valence-corrected chi connectivity index (χ0v) is 14.3. The number of carbonyl (C=O) groups is 2. The van der Waals surface area contributed by atoms with E-state index in [0.717, 1.165) is 18.8 Å². The second kappa shape index (κ2) is 7.63. The lowest BCUT2D eigenvalue weighted by Gasteiger charge is -2.21. The van der Waals surface area contributed by atoms with E-state index in [4.69, 9.17) is 4.52 Å². The highest BCUT2D eigenvalue weighted by atomic mass is 16.5. The minimum atomic E-state index is -0.459. The Morgan fingerprint density at radius 3 is 2.12 bits per heavy atom. The van der Waals surface area contributed by atoms with Gasteiger partial charge in [-0.1, -0.05) is 5.16 Å². The zero-order valence-electron chi connectivity index (χ0n) is 14.3. The molecule has 1 aromatic carbocycles. The number of anilines is 1. The van der Waals surface area contributed by atoms with Gasteiger partial charge in [0, 0.05) is 24.3 Å². The van der Waals surface area contributed by atoms with Gasteiger partial charge in [-0.25, -0.2) is 0 Å². The van der Waals surface area contributed by atoms with Crippen molar-refractivity contribution in [3.8, 4) is 0 Å². The molecule has 7 nitrogen and oxygen atoms in total. The number of hydrogen-bond donors (Lipinski definition) is 2. The third kappa shape index (κ3) is 3.73. The largest absolute Gasteiger partial charge is 0.372 e. The molecule has 1 heterocycles. The molecule has 2 amide bonds. The number of carbonyl (C=O) groups excluding carboxylic acids is 2. The van der Waals surface area contributed by atoms with E-state index >= 15 is 0 Å². The van der Waals surface area contributed by atoms with Gasteiger partial charge < -0.3 is 9.42 Å². The standard InChI is InChI=1S/C17H22N4O3/c1-5-21(6-2)14-9-7-13(8-10-14)16(22)18-19-17(23)15-11(3)20-24-12(15)4/h7-10H,5-6H2,1-4H3,(H,18,22)(H,19,23). The summed E-state index contributed by atoms with van der Waals surface area (Å²) in [6.07, 6.45) is 0. The topological polar surface area (TPSA) is 87.5 Å². The van der Waals surface area contributed by atoms with Crippen LogP contribution in [0.4, 0.5) is 5.69 Å². The Morgan fingerprint density at radius 2 is 1.62 bits per heavy atom. The molecule has 1 aromatic heterocycles. The Hall–Kier alpha value is -2.83. The zero-order chi connectivity index (χ0) is 17.7. The molecule has 0 spiro atoms. The Kier molecular flexibility index (Phi) is 5.57. The summed E-state index contributed by atoms with van der Waals surface area (Å²) in [5.74, 6) is -0.441. The molecule has 2 aromatic rings. The maximum absolute atomic E-state index is 12.1. The maximum atomic E-state index is 12.1. The van der Waals surface area contributed by atoms with Crippen LogP contribution in [0.2, 0.25) is 0 Å². The molecule has 0 unspecified atom stereocenters. The van der Waals surface area contributed by atoms with E-state index < -0.39 is 5.91 Å². The number of hydrazine groups is 1. The molecule has 0 saturated heterocycles.